The van der Waals surface area contributed by atoms with Crippen LogP contribution in [0.4, 0.5) is 0 Å². The second-order valence-corrected chi connectivity index (χ2v) is 9.61. The molecule has 190 valence electrons. The Morgan fingerprint density at radius 2 is 2.06 bits per heavy atom. The summed E-state index contributed by atoms with van der Waals surface area (Å²) in [4.78, 5) is 59.0. The maximum absolute atomic E-state index is 13.2. The van der Waals surface area contributed by atoms with Crippen LogP contribution in [0, 0.1) is 5.92 Å². The lowest BCUT2D eigenvalue weighted by molar-refractivity contribution is -0.143. The van der Waals surface area contributed by atoms with Gasteiger partial charge in [-0.3, -0.25) is 14.4 Å². The number of carboxylic acids is 1. The van der Waals surface area contributed by atoms with Crippen molar-refractivity contribution in [2.45, 2.75) is 70.1 Å². The van der Waals surface area contributed by atoms with E-state index in [1.54, 1.807) is 0 Å². The molecule has 1 aromatic heterocycles. The van der Waals surface area contributed by atoms with Crippen molar-refractivity contribution in [3.05, 3.63) is 18.2 Å². The third kappa shape index (κ3) is 7.45. The summed E-state index contributed by atoms with van der Waals surface area (Å²) in [6.07, 6.45) is 7.06. The lowest BCUT2D eigenvalue weighted by Crippen LogP contribution is -2.57. The predicted molar refractivity (Wildman–Crippen MR) is 129 cm³/mol. The van der Waals surface area contributed by atoms with E-state index in [2.05, 4.69) is 20.6 Å². The van der Waals surface area contributed by atoms with Gasteiger partial charge in [0.15, 0.2) is 0 Å². The molecule has 6 N–H and O–H groups in total. The lowest BCUT2D eigenvalue weighted by atomic mass is 9.98. The number of aromatic nitrogens is 2. The molecule has 0 spiro atoms. The molecule has 34 heavy (non-hydrogen) atoms. The molecule has 2 heterocycles. The second-order valence-electron chi connectivity index (χ2n) is 8.62. The lowest BCUT2D eigenvalue weighted by Gasteiger charge is -2.30. The van der Waals surface area contributed by atoms with Crippen LogP contribution in [0.5, 0.6) is 0 Å². The minimum Gasteiger partial charge on any atom is -0.480 e. The number of nitrogens with one attached hydrogen (secondary N) is 3. The van der Waals surface area contributed by atoms with Gasteiger partial charge in [0.1, 0.15) is 18.1 Å². The summed E-state index contributed by atoms with van der Waals surface area (Å²) in [7, 11) is 0. The number of hydrogen-bond donors (Lipinski definition) is 5. The molecule has 12 heteroatoms. The summed E-state index contributed by atoms with van der Waals surface area (Å²) in [5.74, 6) is -1.94. The fraction of sp³-hybridized carbons (Fsp3) is 0.682. The molecule has 5 atom stereocenters. The number of nitrogens with zero attached hydrogens (tertiary/aromatic N) is 2. The number of carbonyl (C=O) groups is 4. The highest BCUT2D eigenvalue weighted by Crippen LogP contribution is 2.21. The maximum atomic E-state index is 13.2. The number of rotatable bonds is 13. The van der Waals surface area contributed by atoms with E-state index in [1.165, 1.54) is 29.2 Å². The molecule has 11 nitrogen and oxygen atoms in total. The monoisotopic (exact) mass is 496 g/mol. The Bertz CT molecular complexity index is 836. The predicted octanol–water partition coefficient (Wildman–Crippen LogP) is 0.124. The summed E-state index contributed by atoms with van der Waals surface area (Å²) >= 11 is 1.48. The zero-order chi connectivity index (χ0) is 25.3. The third-order valence-electron chi connectivity index (χ3n) is 6.22. The number of aromatic amines is 1. The Hall–Kier alpha value is -2.60. The zero-order valence-electron chi connectivity index (χ0n) is 20.0. The molecule has 0 radical (unpaired) electrons. The molecule has 3 amide bonds. The first-order valence-corrected chi connectivity index (χ1v) is 12.9. The average molecular weight is 497 g/mol. The number of likely N-dealkylation sites (tertiary alicyclic amines) is 1. The number of thioether (sulfide) groups is 1. The molecule has 0 saturated carbocycles. The van der Waals surface area contributed by atoms with Gasteiger partial charge in [-0.05, 0) is 37.2 Å². The Labute approximate surface area is 204 Å². The molecule has 0 bridgehead atoms. The van der Waals surface area contributed by atoms with Crippen molar-refractivity contribution in [2.24, 2.45) is 11.7 Å². The minimum absolute atomic E-state index is 0.0232. The van der Waals surface area contributed by atoms with Gasteiger partial charge in [-0.1, -0.05) is 20.3 Å². The molecule has 5 unspecified atom stereocenters. The highest BCUT2D eigenvalue weighted by Gasteiger charge is 2.38. The summed E-state index contributed by atoms with van der Waals surface area (Å²) < 4.78 is 0. The number of nitrogens with two attached hydrogens (primary N) is 1. The Morgan fingerprint density at radius 1 is 1.32 bits per heavy atom. The van der Waals surface area contributed by atoms with E-state index in [4.69, 9.17) is 5.73 Å². The van der Waals surface area contributed by atoms with E-state index in [-0.39, 0.29) is 24.7 Å². The van der Waals surface area contributed by atoms with Crippen molar-refractivity contribution in [2.75, 3.05) is 18.6 Å². The maximum Gasteiger partial charge on any atom is 0.326 e. The standard InChI is InChI=1S/C22H36N6O5S/c1-4-13(2)18(23)21(31)28-8-5-6-17(28)20(30)27-16(10-14-11-24-12-25-14)19(29)26-15(22(32)33)7-9-34-3/h11-13,15-18H,4-10,23H2,1-3H3,(H,24,25)(H,26,29)(H,27,30)(H,32,33). The van der Waals surface area contributed by atoms with Gasteiger partial charge in [0.05, 0.1) is 12.4 Å². The number of H-pyrrole nitrogens is 1. The quantitative estimate of drug-likeness (QED) is 0.256. The molecule has 1 aliphatic rings. The number of amides is 3. The first-order valence-electron chi connectivity index (χ1n) is 11.5. The average Bonchev–Trinajstić information content (AvgIpc) is 3.51. The van der Waals surface area contributed by atoms with Crippen molar-refractivity contribution in [1.29, 1.82) is 0 Å². The van der Waals surface area contributed by atoms with Crippen LogP contribution in [0.1, 0.15) is 45.2 Å². The Morgan fingerprint density at radius 3 is 2.65 bits per heavy atom. The molecule has 2 rings (SSSR count). The summed E-state index contributed by atoms with van der Waals surface area (Å²) in [5, 5.41) is 14.7. The number of imidazole rings is 1. The summed E-state index contributed by atoms with van der Waals surface area (Å²) in [6.45, 7) is 4.27. The fourth-order valence-corrected chi connectivity index (χ4v) is 4.32. The first-order chi connectivity index (χ1) is 16.2. The molecule has 0 aromatic carbocycles. The summed E-state index contributed by atoms with van der Waals surface area (Å²) in [5.41, 5.74) is 6.73. The molecule has 1 aliphatic heterocycles. The van der Waals surface area contributed by atoms with Gasteiger partial charge in [0.2, 0.25) is 17.7 Å². The highest BCUT2D eigenvalue weighted by atomic mass is 32.2. The Balaban J connectivity index is 2.15. The zero-order valence-corrected chi connectivity index (χ0v) is 20.8. The Kier molecular flexibility index (Phi) is 10.8. The van der Waals surface area contributed by atoms with Crippen LogP contribution < -0.4 is 16.4 Å². The largest absolute Gasteiger partial charge is 0.480 e. The number of hydrogen-bond acceptors (Lipinski definition) is 7. The van der Waals surface area contributed by atoms with E-state index >= 15 is 0 Å². The van der Waals surface area contributed by atoms with E-state index in [9.17, 15) is 24.3 Å². The number of carboxylic acid groups (broad SMARTS) is 1. The van der Waals surface area contributed by atoms with E-state index in [0.717, 1.165) is 6.42 Å². The molecule has 0 aliphatic carbocycles. The van der Waals surface area contributed by atoms with Gasteiger partial charge < -0.3 is 31.4 Å². The van der Waals surface area contributed by atoms with E-state index in [1.807, 2.05) is 20.1 Å². The highest BCUT2D eigenvalue weighted by molar-refractivity contribution is 7.98. The van der Waals surface area contributed by atoms with Crippen LogP contribution in [0.25, 0.3) is 0 Å². The van der Waals surface area contributed by atoms with Crippen LogP contribution in [0.3, 0.4) is 0 Å². The van der Waals surface area contributed by atoms with Crippen LogP contribution in [0.15, 0.2) is 12.5 Å². The first kappa shape index (κ1) is 27.6. The van der Waals surface area contributed by atoms with Crippen molar-refractivity contribution in [1.82, 2.24) is 25.5 Å². The van der Waals surface area contributed by atoms with Crippen LogP contribution >= 0.6 is 11.8 Å². The topological polar surface area (TPSA) is 171 Å². The summed E-state index contributed by atoms with van der Waals surface area (Å²) in [6, 6.07) is -3.54. The van der Waals surface area contributed by atoms with Gasteiger partial charge in [0.25, 0.3) is 0 Å². The van der Waals surface area contributed by atoms with Crippen LogP contribution in [0.2, 0.25) is 0 Å². The van der Waals surface area contributed by atoms with Gasteiger partial charge in [-0.2, -0.15) is 11.8 Å². The molecule has 1 fully saturated rings. The van der Waals surface area contributed by atoms with Crippen LogP contribution in [-0.4, -0.2) is 86.4 Å². The van der Waals surface area contributed by atoms with Crippen molar-refractivity contribution >= 4 is 35.5 Å². The SMILES string of the molecule is CCC(C)C(N)C(=O)N1CCCC1C(=O)NC(Cc1cnc[nH]1)C(=O)NC(CCSC)C(=O)O. The molecular formula is C22H36N6O5S. The van der Waals surface area contributed by atoms with Crippen LogP contribution in [-0.2, 0) is 25.6 Å². The van der Waals surface area contributed by atoms with Crippen molar-refractivity contribution < 1.29 is 24.3 Å². The normalized spacial score (nSPS) is 19.2. The third-order valence-corrected chi connectivity index (χ3v) is 6.86. The number of carbonyl (C=O) groups excluding carboxylic acids is 3. The van der Waals surface area contributed by atoms with Gasteiger partial charge in [-0.15, -0.1) is 0 Å². The minimum atomic E-state index is -1.14. The fourth-order valence-electron chi connectivity index (χ4n) is 3.85. The molecular weight excluding hydrogens is 460 g/mol. The molecule has 1 aromatic rings. The molecule has 1 saturated heterocycles. The number of aliphatic carboxylic acids is 1. The van der Waals surface area contributed by atoms with Crippen molar-refractivity contribution in [3.63, 3.8) is 0 Å². The second kappa shape index (κ2) is 13.3. The van der Waals surface area contributed by atoms with Gasteiger partial charge in [-0.25, -0.2) is 9.78 Å². The van der Waals surface area contributed by atoms with Gasteiger partial charge >= 0.3 is 5.97 Å². The van der Waals surface area contributed by atoms with Crippen molar-refractivity contribution in [3.8, 4) is 0 Å². The van der Waals surface area contributed by atoms with Gasteiger partial charge in [0, 0.05) is 24.9 Å². The van der Waals surface area contributed by atoms with E-state index < -0.39 is 42.0 Å². The van der Waals surface area contributed by atoms with E-state index in [0.29, 0.717) is 30.8 Å². The smallest absolute Gasteiger partial charge is 0.326 e.